The Bertz CT molecular complexity index is 1360. The summed E-state index contributed by atoms with van der Waals surface area (Å²) in [5.74, 6) is -0.770. The number of non-ortho nitro benzene ring substituents is 1. The number of aromatic nitrogens is 2. The highest BCUT2D eigenvalue weighted by atomic mass is 32.1. The maximum atomic E-state index is 13.4. The molecule has 0 aliphatic rings. The SMILES string of the molecule is Cc1ccccc1-c1nc2scc(C(=O)O)c2c(=O)n1Cc1ccc([N+](=O)[O-])cc1. The predicted molar refractivity (Wildman–Crippen MR) is 113 cm³/mol. The normalized spacial score (nSPS) is 11.0. The molecule has 0 amide bonds. The van der Waals surface area contributed by atoms with Gasteiger partial charge in [-0.2, -0.15) is 0 Å². The smallest absolute Gasteiger partial charge is 0.337 e. The molecule has 0 atom stereocenters. The van der Waals surface area contributed by atoms with Gasteiger partial charge in [-0.15, -0.1) is 11.3 Å². The van der Waals surface area contributed by atoms with Gasteiger partial charge in [-0.05, 0) is 18.1 Å². The van der Waals surface area contributed by atoms with Crippen LogP contribution in [-0.4, -0.2) is 25.6 Å². The molecule has 2 aromatic carbocycles. The van der Waals surface area contributed by atoms with Crippen molar-refractivity contribution in [2.24, 2.45) is 0 Å². The first kappa shape index (κ1) is 19.5. The molecule has 0 spiro atoms. The van der Waals surface area contributed by atoms with Crippen molar-refractivity contribution in [3.8, 4) is 11.4 Å². The average molecular weight is 421 g/mol. The predicted octanol–water partition coefficient (Wildman–Crippen LogP) is 4.09. The van der Waals surface area contributed by atoms with Gasteiger partial charge >= 0.3 is 5.97 Å². The van der Waals surface area contributed by atoms with Crippen LogP contribution in [0.3, 0.4) is 0 Å². The Morgan fingerprint density at radius 1 is 1.20 bits per heavy atom. The van der Waals surface area contributed by atoms with Gasteiger partial charge in [-0.3, -0.25) is 19.5 Å². The number of carbonyl (C=O) groups is 1. The minimum atomic E-state index is -1.19. The van der Waals surface area contributed by atoms with Crippen molar-refractivity contribution in [3.63, 3.8) is 0 Å². The first-order valence-electron chi connectivity index (χ1n) is 8.91. The Balaban J connectivity index is 1.96. The number of nitro groups is 1. The van der Waals surface area contributed by atoms with Crippen molar-refractivity contribution in [1.29, 1.82) is 0 Å². The summed E-state index contributed by atoms with van der Waals surface area (Å²) in [5, 5.41) is 21.8. The molecule has 0 bridgehead atoms. The monoisotopic (exact) mass is 421 g/mol. The fourth-order valence-electron chi connectivity index (χ4n) is 3.26. The lowest BCUT2D eigenvalue weighted by Crippen LogP contribution is -2.25. The second kappa shape index (κ2) is 7.53. The van der Waals surface area contributed by atoms with Gasteiger partial charge in [-0.1, -0.05) is 36.4 Å². The van der Waals surface area contributed by atoms with Crippen LogP contribution in [0.5, 0.6) is 0 Å². The van der Waals surface area contributed by atoms with Crippen molar-refractivity contribution in [3.05, 3.63) is 91.1 Å². The third-order valence-electron chi connectivity index (χ3n) is 4.80. The van der Waals surface area contributed by atoms with Gasteiger partial charge in [0.1, 0.15) is 10.7 Å². The molecule has 8 nitrogen and oxygen atoms in total. The number of nitrogens with zero attached hydrogens (tertiary/aromatic N) is 3. The van der Waals surface area contributed by atoms with E-state index in [4.69, 9.17) is 0 Å². The highest BCUT2D eigenvalue weighted by Gasteiger charge is 2.21. The lowest BCUT2D eigenvalue weighted by molar-refractivity contribution is -0.384. The number of aryl methyl sites for hydroxylation is 1. The Morgan fingerprint density at radius 3 is 2.53 bits per heavy atom. The van der Waals surface area contributed by atoms with Crippen LogP contribution in [0.1, 0.15) is 21.5 Å². The second-order valence-corrected chi connectivity index (χ2v) is 7.56. The van der Waals surface area contributed by atoms with E-state index in [0.29, 0.717) is 16.2 Å². The van der Waals surface area contributed by atoms with Crippen molar-refractivity contribution in [1.82, 2.24) is 9.55 Å². The molecule has 150 valence electrons. The van der Waals surface area contributed by atoms with Crippen LogP contribution < -0.4 is 5.56 Å². The van der Waals surface area contributed by atoms with Crippen LogP contribution in [0.4, 0.5) is 5.69 Å². The van der Waals surface area contributed by atoms with E-state index in [-0.39, 0.29) is 23.2 Å². The number of rotatable bonds is 5. The molecule has 1 N–H and O–H groups in total. The summed E-state index contributed by atoms with van der Waals surface area (Å²) in [6, 6.07) is 13.3. The molecule has 0 aliphatic heterocycles. The van der Waals surface area contributed by atoms with Crippen LogP contribution in [0.2, 0.25) is 0 Å². The number of aromatic carboxylic acids is 1. The zero-order chi connectivity index (χ0) is 21.4. The minimum absolute atomic E-state index is 0.0511. The second-order valence-electron chi connectivity index (χ2n) is 6.70. The van der Waals surface area contributed by atoms with Crippen LogP contribution >= 0.6 is 11.3 Å². The van der Waals surface area contributed by atoms with Crippen LogP contribution in [0.25, 0.3) is 21.6 Å². The lowest BCUT2D eigenvalue weighted by Gasteiger charge is -2.14. The van der Waals surface area contributed by atoms with E-state index in [1.54, 1.807) is 12.1 Å². The Morgan fingerprint density at radius 2 is 1.90 bits per heavy atom. The number of nitro benzene ring substituents is 1. The summed E-state index contributed by atoms with van der Waals surface area (Å²) in [4.78, 5) is 40.3. The topological polar surface area (TPSA) is 115 Å². The average Bonchev–Trinajstić information content (AvgIpc) is 3.15. The largest absolute Gasteiger partial charge is 0.478 e. The molecule has 0 radical (unpaired) electrons. The number of thiophene rings is 1. The molecule has 2 aromatic heterocycles. The summed E-state index contributed by atoms with van der Waals surface area (Å²) in [7, 11) is 0. The first-order valence-corrected chi connectivity index (χ1v) is 9.79. The van der Waals surface area contributed by atoms with E-state index in [1.807, 2.05) is 31.2 Å². The molecule has 2 heterocycles. The highest BCUT2D eigenvalue weighted by Crippen LogP contribution is 2.27. The standard InChI is InChI=1S/C21H15N3O5S/c1-12-4-2-3-5-15(12)18-22-19-17(16(11-30-19)21(26)27)20(25)23(18)10-13-6-8-14(9-7-13)24(28)29/h2-9,11H,10H2,1H3,(H,26,27). The fourth-order valence-corrected chi connectivity index (χ4v) is 4.17. The van der Waals surface area contributed by atoms with Gasteiger partial charge < -0.3 is 5.11 Å². The molecule has 0 saturated carbocycles. The van der Waals surface area contributed by atoms with Gasteiger partial charge in [0.2, 0.25) is 0 Å². The summed E-state index contributed by atoms with van der Waals surface area (Å²) >= 11 is 1.11. The van der Waals surface area contributed by atoms with Crippen LogP contribution in [0, 0.1) is 17.0 Å². The molecule has 0 fully saturated rings. The Hall–Kier alpha value is -3.85. The lowest BCUT2D eigenvalue weighted by atomic mass is 10.1. The maximum Gasteiger partial charge on any atom is 0.337 e. The summed E-state index contributed by atoms with van der Waals surface area (Å²) in [6.45, 7) is 2.00. The molecular formula is C21H15N3O5S. The number of hydrogen-bond donors (Lipinski definition) is 1. The van der Waals surface area contributed by atoms with Crippen molar-refractivity contribution in [2.75, 3.05) is 0 Å². The van der Waals surface area contributed by atoms with Crippen molar-refractivity contribution < 1.29 is 14.8 Å². The van der Waals surface area contributed by atoms with Gasteiger partial charge in [-0.25, -0.2) is 9.78 Å². The number of carboxylic acid groups (broad SMARTS) is 1. The number of benzene rings is 2. The van der Waals surface area contributed by atoms with E-state index in [1.165, 1.54) is 22.1 Å². The summed E-state index contributed by atoms with van der Waals surface area (Å²) < 4.78 is 1.42. The van der Waals surface area contributed by atoms with Gasteiger partial charge in [0.25, 0.3) is 11.2 Å². The first-order chi connectivity index (χ1) is 14.4. The molecular weight excluding hydrogens is 406 g/mol. The van der Waals surface area contributed by atoms with E-state index >= 15 is 0 Å². The van der Waals surface area contributed by atoms with E-state index in [9.17, 15) is 24.8 Å². The number of fused-ring (bicyclic) bond motifs is 1. The molecule has 0 saturated heterocycles. The molecule has 0 unspecified atom stereocenters. The van der Waals surface area contributed by atoms with E-state index in [2.05, 4.69) is 4.98 Å². The van der Waals surface area contributed by atoms with E-state index in [0.717, 1.165) is 22.5 Å². The number of hydrogen-bond acceptors (Lipinski definition) is 6. The van der Waals surface area contributed by atoms with Crippen LogP contribution in [0.15, 0.2) is 58.7 Å². The molecule has 30 heavy (non-hydrogen) atoms. The maximum absolute atomic E-state index is 13.4. The summed E-state index contributed by atoms with van der Waals surface area (Å²) in [6.07, 6.45) is 0. The Labute approximate surface area is 173 Å². The Kier molecular flexibility index (Phi) is 4.88. The molecule has 4 rings (SSSR count). The third kappa shape index (κ3) is 3.35. The zero-order valence-electron chi connectivity index (χ0n) is 15.7. The quantitative estimate of drug-likeness (QED) is 0.383. The number of carboxylic acids is 1. The molecule has 9 heteroatoms. The zero-order valence-corrected chi connectivity index (χ0v) is 16.5. The van der Waals surface area contributed by atoms with Crippen molar-refractivity contribution >= 4 is 33.2 Å². The minimum Gasteiger partial charge on any atom is -0.478 e. The van der Waals surface area contributed by atoms with E-state index < -0.39 is 16.5 Å². The van der Waals surface area contributed by atoms with Crippen LogP contribution in [-0.2, 0) is 6.54 Å². The summed E-state index contributed by atoms with van der Waals surface area (Å²) in [5.41, 5.74) is 1.73. The van der Waals surface area contributed by atoms with Gasteiger partial charge in [0.15, 0.2) is 0 Å². The van der Waals surface area contributed by atoms with Gasteiger partial charge in [0, 0.05) is 23.1 Å². The van der Waals surface area contributed by atoms with Crippen molar-refractivity contribution in [2.45, 2.75) is 13.5 Å². The van der Waals surface area contributed by atoms with Gasteiger partial charge in [0.05, 0.1) is 22.4 Å². The molecule has 0 aliphatic carbocycles. The molecule has 4 aromatic rings. The third-order valence-corrected chi connectivity index (χ3v) is 5.67. The fraction of sp³-hybridized carbons (Fsp3) is 0.0952. The highest BCUT2D eigenvalue weighted by molar-refractivity contribution is 7.17.